The Hall–Kier alpha value is -1.35. The average Bonchev–Trinajstić information content (AvgIpc) is 3.14. The summed E-state index contributed by atoms with van der Waals surface area (Å²) in [5.41, 5.74) is 0.879. The molecule has 2 fully saturated rings. The second-order valence-corrected chi connectivity index (χ2v) is 7.40. The molecule has 0 aliphatic heterocycles. The molecule has 3 heteroatoms. The second-order valence-electron chi connectivity index (χ2n) is 7.40. The van der Waals surface area contributed by atoms with Gasteiger partial charge in [-0.05, 0) is 37.7 Å². The van der Waals surface area contributed by atoms with Crippen molar-refractivity contribution >= 4 is 5.91 Å². The molecular formula is C21H31NO2. The lowest BCUT2D eigenvalue weighted by atomic mass is 9.78. The summed E-state index contributed by atoms with van der Waals surface area (Å²) in [6, 6.07) is 10.3. The lowest BCUT2D eigenvalue weighted by Crippen LogP contribution is -2.43. The van der Waals surface area contributed by atoms with Gasteiger partial charge in [-0.25, -0.2) is 0 Å². The molecule has 0 saturated heterocycles. The van der Waals surface area contributed by atoms with Gasteiger partial charge in [-0.3, -0.25) is 4.79 Å². The van der Waals surface area contributed by atoms with Crippen LogP contribution in [0.4, 0.5) is 0 Å². The highest BCUT2D eigenvalue weighted by Gasteiger charge is 2.42. The molecule has 2 aliphatic rings. The van der Waals surface area contributed by atoms with Crippen molar-refractivity contribution in [3.05, 3.63) is 35.9 Å². The SMILES string of the molecule is O=C(NCCCOC1CCCCC1)C1(c2ccccc2)CCCC1. The molecule has 0 radical (unpaired) electrons. The molecule has 0 aromatic heterocycles. The van der Waals surface area contributed by atoms with Gasteiger partial charge in [-0.2, -0.15) is 0 Å². The third-order valence-corrected chi connectivity index (χ3v) is 5.73. The summed E-state index contributed by atoms with van der Waals surface area (Å²) in [4.78, 5) is 12.9. The first-order chi connectivity index (χ1) is 11.8. The Morgan fingerprint density at radius 3 is 2.46 bits per heavy atom. The third-order valence-electron chi connectivity index (χ3n) is 5.73. The van der Waals surface area contributed by atoms with Gasteiger partial charge < -0.3 is 10.1 Å². The smallest absolute Gasteiger partial charge is 0.230 e. The van der Waals surface area contributed by atoms with E-state index in [0.717, 1.165) is 45.3 Å². The minimum atomic E-state index is -0.300. The van der Waals surface area contributed by atoms with Gasteiger partial charge in [0.25, 0.3) is 0 Å². The molecule has 1 aromatic carbocycles. The van der Waals surface area contributed by atoms with Crippen LogP contribution in [-0.4, -0.2) is 25.2 Å². The van der Waals surface area contributed by atoms with E-state index < -0.39 is 0 Å². The minimum Gasteiger partial charge on any atom is -0.378 e. The molecule has 1 N–H and O–H groups in total. The van der Waals surface area contributed by atoms with E-state index in [1.54, 1.807) is 0 Å². The molecule has 0 bridgehead atoms. The van der Waals surface area contributed by atoms with E-state index in [1.807, 2.05) is 18.2 Å². The minimum absolute atomic E-state index is 0.212. The summed E-state index contributed by atoms with van der Waals surface area (Å²) < 4.78 is 5.95. The van der Waals surface area contributed by atoms with Crippen LogP contribution in [0.5, 0.6) is 0 Å². The van der Waals surface area contributed by atoms with Gasteiger partial charge in [0, 0.05) is 13.2 Å². The maximum atomic E-state index is 12.9. The van der Waals surface area contributed by atoms with E-state index in [2.05, 4.69) is 17.4 Å². The lowest BCUT2D eigenvalue weighted by molar-refractivity contribution is -0.126. The number of carbonyl (C=O) groups excluding carboxylic acids is 1. The van der Waals surface area contributed by atoms with Crippen LogP contribution < -0.4 is 5.32 Å². The van der Waals surface area contributed by atoms with Crippen LogP contribution in [0.2, 0.25) is 0 Å². The van der Waals surface area contributed by atoms with Crippen molar-refractivity contribution in [1.82, 2.24) is 5.32 Å². The van der Waals surface area contributed by atoms with Crippen LogP contribution >= 0.6 is 0 Å². The first-order valence-electron chi connectivity index (χ1n) is 9.77. The van der Waals surface area contributed by atoms with E-state index in [-0.39, 0.29) is 11.3 Å². The van der Waals surface area contributed by atoms with E-state index in [0.29, 0.717) is 6.10 Å². The highest BCUT2D eigenvalue weighted by Crippen LogP contribution is 2.41. The molecular weight excluding hydrogens is 298 g/mol. The van der Waals surface area contributed by atoms with E-state index in [4.69, 9.17) is 4.74 Å². The number of rotatable bonds is 7. The summed E-state index contributed by atoms with van der Waals surface area (Å²) in [5, 5.41) is 3.18. The van der Waals surface area contributed by atoms with Crippen LogP contribution in [0.1, 0.15) is 69.8 Å². The van der Waals surface area contributed by atoms with Crippen LogP contribution in [0.3, 0.4) is 0 Å². The Labute approximate surface area is 146 Å². The molecule has 2 aliphatic carbocycles. The summed E-state index contributed by atoms with van der Waals surface area (Å²) in [5.74, 6) is 0.212. The zero-order chi connectivity index (χ0) is 16.7. The van der Waals surface area contributed by atoms with Gasteiger partial charge >= 0.3 is 0 Å². The molecule has 0 spiro atoms. The Kier molecular flexibility index (Phi) is 6.30. The maximum Gasteiger partial charge on any atom is 0.230 e. The number of hydrogen-bond donors (Lipinski definition) is 1. The standard InChI is InChI=1S/C21H31NO2/c23-20(22-16-9-17-24-19-12-5-2-6-13-19)21(14-7-8-15-21)18-10-3-1-4-11-18/h1,3-4,10-11,19H,2,5-9,12-17H2,(H,22,23). The van der Waals surface area contributed by atoms with Crippen molar-refractivity contribution in [1.29, 1.82) is 0 Å². The number of nitrogens with one attached hydrogen (secondary N) is 1. The molecule has 3 rings (SSSR count). The highest BCUT2D eigenvalue weighted by molar-refractivity contribution is 5.88. The molecule has 24 heavy (non-hydrogen) atoms. The summed E-state index contributed by atoms with van der Waals surface area (Å²) in [6.07, 6.45) is 12.0. The van der Waals surface area contributed by atoms with Crippen molar-refractivity contribution in [2.24, 2.45) is 0 Å². The molecule has 0 atom stereocenters. The predicted molar refractivity (Wildman–Crippen MR) is 97.0 cm³/mol. The van der Waals surface area contributed by atoms with E-state index in [1.165, 1.54) is 37.7 Å². The number of hydrogen-bond acceptors (Lipinski definition) is 2. The van der Waals surface area contributed by atoms with Gasteiger partial charge in [0.05, 0.1) is 11.5 Å². The fourth-order valence-electron chi connectivity index (χ4n) is 4.31. The van der Waals surface area contributed by atoms with Crippen molar-refractivity contribution in [3.8, 4) is 0 Å². The van der Waals surface area contributed by atoms with Gasteiger partial charge in [-0.1, -0.05) is 62.4 Å². The molecule has 132 valence electrons. The summed E-state index contributed by atoms with van der Waals surface area (Å²) in [7, 11) is 0. The van der Waals surface area contributed by atoms with Crippen molar-refractivity contribution in [2.45, 2.75) is 75.7 Å². The molecule has 1 amide bonds. The lowest BCUT2D eigenvalue weighted by Gasteiger charge is -2.28. The second kappa shape index (κ2) is 8.66. The Bertz CT molecular complexity index is 502. The van der Waals surface area contributed by atoms with Crippen LogP contribution in [0.25, 0.3) is 0 Å². The third kappa shape index (κ3) is 4.18. The van der Waals surface area contributed by atoms with Gasteiger partial charge in [0.2, 0.25) is 5.91 Å². The Balaban J connectivity index is 1.45. The van der Waals surface area contributed by atoms with Crippen LogP contribution in [0.15, 0.2) is 30.3 Å². The molecule has 0 heterocycles. The number of ether oxygens (including phenoxy) is 1. The largest absolute Gasteiger partial charge is 0.378 e. The summed E-state index contributed by atoms with van der Waals surface area (Å²) >= 11 is 0. The molecule has 2 saturated carbocycles. The predicted octanol–water partition coefficient (Wildman–Crippen LogP) is 4.35. The first kappa shape index (κ1) is 17.5. The number of amides is 1. The van der Waals surface area contributed by atoms with Crippen LogP contribution in [0, 0.1) is 0 Å². The molecule has 1 aromatic rings. The highest BCUT2D eigenvalue weighted by atomic mass is 16.5. The topological polar surface area (TPSA) is 38.3 Å². The first-order valence-corrected chi connectivity index (χ1v) is 9.77. The summed E-state index contributed by atoms with van der Waals surface area (Å²) in [6.45, 7) is 1.49. The normalized spacial score (nSPS) is 20.8. The van der Waals surface area contributed by atoms with Crippen molar-refractivity contribution < 1.29 is 9.53 Å². The van der Waals surface area contributed by atoms with Crippen molar-refractivity contribution in [2.75, 3.05) is 13.2 Å². The Morgan fingerprint density at radius 1 is 1.04 bits per heavy atom. The van der Waals surface area contributed by atoms with E-state index in [9.17, 15) is 4.79 Å². The van der Waals surface area contributed by atoms with Gasteiger partial charge in [0.15, 0.2) is 0 Å². The zero-order valence-electron chi connectivity index (χ0n) is 14.8. The fraction of sp³-hybridized carbons (Fsp3) is 0.667. The van der Waals surface area contributed by atoms with Gasteiger partial charge in [-0.15, -0.1) is 0 Å². The monoisotopic (exact) mass is 329 g/mol. The quantitative estimate of drug-likeness (QED) is 0.755. The average molecular weight is 329 g/mol. The number of benzene rings is 1. The zero-order valence-corrected chi connectivity index (χ0v) is 14.8. The van der Waals surface area contributed by atoms with Crippen molar-refractivity contribution in [3.63, 3.8) is 0 Å². The van der Waals surface area contributed by atoms with Crippen LogP contribution in [-0.2, 0) is 14.9 Å². The van der Waals surface area contributed by atoms with E-state index >= 15 is 0 Å². The maximum absolute atomic E-state index is 12.9. The van der Waals surface area contributed by atoms with Gasteiger partial charge in [0.1, 0.15) is 0 Å². The molecule has 3 nitrogen and oxygen atoms in total. The molecule has 0 unspecified atom stereocenters. The Morgan fingerprint density at radius 2 is 1.75 bits per heavy atom. The number of carbonyl (C=O) groups is 1. The fourth-order valence-corrected chi connectivity index (χ4v) is 4.31.